The maximum Gasteiger partial charge on any atom is 0.262 e. The number of aryl methyl sites for hydroxylation is 1. The molecule has 1 heterocycles. The third-order valence-electron chi connectivity index (χ3n) is 3.99. The Kier molecular flexibility index (Phi) is 6.45. The lowest BCUT2D eigenvalue weighted by Gasteiger charge is -2.11. The molecule has 0 aliphatic rings. The van der Waals surface area contributed by atoms with Crippen molar-refractivity contribution in [1.29, 1.82) is 0 Å². The van der Waals surface area contributed by atoms with E-state index in [1.165, 1.54) is 0 Å². The lowest BCUT2D eigenvalue weighted by molar-refractivity contribution is -0.118. The van der Waals surface area contributed by atoms with Crippen molar-refractivity contribution in [3.05, 3.63) is 64.5 Å². The average molecular weight is 394 g/mol. The highest BCUT2D eigenvalue weighted by Gasteiger charge is 2.09. The van der Waals surface area contributed by atoms with E-state index < -0.39 is 0 Å². The number of rotatable bonds is 7. The molecule has 0 saturated carbocycles. The van der Waals surface area contributed by atoms with Gasteiger partial charge in [-0.2, -0.15) is 0 Å². The number of amides is 1. The molecule has 0 unspecified atom stereocenters. The first kappa shape index (κ1) is 19.6. The van der Waals surface area contributed by atoms with Gasteiger partial charge in [-0.15, -0.1) is 11.3 Å². The van der Waals surface area contributed by atoms with Crippen LogP contribution in [-0.2, 0) is 4.79 Å². The number of nitrogens with zero attached hydrogens (tertiary/aromatic N) is 1. The number of thiazole rings is 1. The molecule has 5 nitrogen and oxygen atoms in total. The van der Waals surface area contributed by atoms with Crippen LogP contribution in [-0.4, -0.2) is 24.6 Å². The van der Waals surface area contributed by atoms with Gasteiger partial charge in [0.15, 0.2) is 18.1 Å². The van der Waals surface area contributed by atoms with Crippen LogP contribution >= 0.6 is 11.3 Å². The molecule has 28 heavy (non-hydrogen) atoms. The van der Waals surface area contributed by atoms with Crippen molar-refractivity contribution in [3.63, 3.8) is 0 Å². The zero-order chi connectivity index (χ0) is 19.9. The molecular formula is C22H22N2O3S. The molecule has 0 atom stereocenters. The van der Waals surface area contributed by atoms with Crippen LogP contribution in [0.2, 0.25) is 0 Å². The maximum absolute atomic E-state index is 12.2. The van der Waals surface area contributed by atoms with E-state index in [4.69, 9.17) is 9.47 Å². The number of hydrogen-bond acceptors (Lipinski definition) is 5. The van der Waals surface area contributed by atoms with E-state index in [1.54, 1.807) is 24.5 Å². The summed E-state index contributed by atoms with van der Waals surface area (Å²) in [7, 11) is 1.58. The number of anilines is 1. The quantitative estimate of drug-likeness (QED) is 0.600. The zero-order valence-electron chi connectivity index (χ0n) is 16.1. The minimum atomic E-state index is -0.239. The van der Waals surface area contributed by atoms with Crippen LogP contribution in [0.25, 0.3) is 17.3 Å². The molecule has 2 aromatic carbocycles. The molecule has 1 N–H and O–H groups in total. The molecule has 6 heteroatoms. The summed E-state index contributed by atoms with van der Waals surface area (Å²) in [5.41, 5.74) is 3.67. The summed E-state index contributed by atoms with van der Waals surface area (Å²) in [6.45, 7) is 3.82. The summed E-state index contributed by atoms with van der Waals surface area (Å²) in [4.78, 5) is 16.7. The molecule has 1 amide bonds. The predicted molar refractivity (Wildman–Crippen MR) is 114 cm³/mol. The van der Waals surface area contributed by atoms with Gasteiger partial charge in [-0.3, -0.25) is 4.79 Å². The van der Waals surface area contributed by atoms with E-state index in [9.17, 15) is 4.79 Å². The minimum absolute atomic E-state index is 0.105. The molecule has 0 spiro atoms. The van der Waals surface area contributed by atoms with Gasteiger partial charge in [0, 0.05) is 16.6 Å². The molecule has 0 bridgehead atoms. The molecule has 0 saturated heterocycles. The van der Waals surface area contributed by atoms with E-state index in [0.29, 0.717) is 17.2 Å². The van der Waals surface area contributed by atoms with Crippen molar-refractivity contribution in [2.24, 2.45) is 0 Å². The van der Waals surface area contributed by atoms with Crippen LogP contribution in [0.5, 0.6) is 11.5 Å². The first-order valence-electron chi connectivity index (χ1n) is 8.85. The van der Waals surface area contributed by atoms with Crippen LogP contribution in [0, 0.1) is 6.92 Å². The normalized spacial score (nSPS) is 10.8. The Morgan fingerprint density at radius 3 is 2.61 bits per heavy atom. The number of carbonyl (C=O) groups is 1. The Labute approximate surface area is 168 Å². The first-order valence-corrected chi connectivity index (χ1v) is 9.73. The number of ether oxygens (including phenoxy) is 2. The number of allylic oxidation sites excluding steroid dienone is 1. The second-order valence-corrected chi connectivity index (χ2v) is 7.14. The monoisotopic (exact) mass is 394 g/mol. The van der Waals surface area contributed by atoms with Crippen LogP contribution in [0.3, 0.4) is 0 Å². The molecule has 3 aromatic rings. The van der Waals surface area contributed by atoms with E-state index in [2.05, 4.69) is 10.3 Å². The summed E-state index contributed by atoms with van der Waals surface area (Å²) >= 11 is 1.61. The third kappa shape index (κ3) is 4.98. The number of nitrogens with one attached hydrogen (secondary N) is 1. The number of hydrogen-bond donors (Lipinski definition) is 1. The van der Waals surface area contributed by atoms with Crippen LogP contribution in [0.15, 0.2) is 53.9 Å². The molecule has 0 aliphatic heterocycles. The predicted octanol–water partition coefficient (Wildman–Crippen LogP) is 5.18. The molecule has 3 rings (SSSR count). The van der Waals surface area contributed by atoms with Crippen LogP contribution < -0.4 is 14.8 Å². The van der Waals surface area contributed by atoms with Crippen molar-refractivity contribution in [2.75, 3.05) is 19.0 Å². The first-order chi connectivity index (χ1) is 13.6. The maximum atomic E-state index is 12.2. The summed E-state index contributed by atoms with van der Waals surface area (Å²) in [5, 5.41) is 5.88. The second-order valence-electron chi connectivity index (χ2n) is 6.08. The van der Waals surface area contributed by atoms with Crippen molar-refractivity contribution >= 4 is 29.0 Å². The Balaban J connectivity index is 1.58. The summed E-state index contributed by atoms with van der Waals surface area (Å²) in [6.07, 6.45) is 3.92. The summed E-state index contributed by atoms with van der Waals surface area (Å²) < 4.78 is 11.0. The summed E-state index contributed by atoms with van der Waals surface area (Å²) in [5.74, 6) is 0.878. The van der Waals surface area contributed by atoms with Gasteiger partial charge < -0.3 is 14.8 Å². The smallest absolute Gasteiger partial charge is 0.262 e. The average Bonchev–Trinajstić information content (AvgIpc) is 3.14. The number of aromatic nitrogens is 1. The van der Waals surface area contributed by atoms with Gasteiger partial charge in [0.05, 0.1) is 17.8 Å². The highest BCUT2D eigenvalue weighted by molar-refractivity contribution is 7.09. The van der Waals surface area contributed by atoms with Crippen LogP contribution in [0.4, 0.5) is 5.69 Å². The lowest BCUT2D eigenvalue weighted by Crippen LogP contribution is -2.20. The van der Waals surface area contributed by atoms with Crippen molar-refractivity contribution in [3.8, 4) is 22.8 Å². The van der Waals surface area contributed by atoms with E-state index in [0.717, 1.165) is 21.8 Å². The van der Waals surface area contributed by atoms with Crippen molar-refractivity contribution in [1.82, 2.24) is 4.98 Å². The highest BCUT2D eigenvalue weighted by atomic mass is 32.1. The Morgan fingerprint density at radius 2 is 1.96 bits per heavy atom. The van der Waals surface area contributed by atoms with E-state index in [1.807, 2.05) is 67.8 Å². The molecule has 0 aliphatic carbocycles. The van der Waals surface area contributed by atoms with Gasteiger partial charge in [0.2, 0.25) is 0 Å². The fraction of sp³-hybridized carbons (Fsp3) is 0.182. The molecule has 0 fully saturated rings. The SMILES string of the molecule is C/C=C/c1ccc(OCC(=O)Nc2ccc(-c3csc(C)n3)cc2)c(OC)c1. The van der Waals surface area contributed by atoms with Crippen molar-refractivity contribution < 1.29 is 14.3 Å². The lowest BCUT2D eigenvalue weighted by atomic mass is 10.1. The fourth-order valence-electron chi connectivity index (χ4n) is 2.66. The molecule has 0 radical (unpaired) electrons. The minimum Gasteiger partial charge on any atom is -0.493 e. The Morgan fingerprint density at radius 1 is 1.18 bits per heavy atom. The highest BCUT2D eigenvalue weighted by Crippen LogP contribution is 2.28. The number of benzene rings is 2. The van der Waals surface area contributed by atoms with Crippen molar-refractivity contribution in [2.45, 2.75) is 13.8 Å². The molecule has 1 aromatic heterocycles. The fourth-order valence-corrected chi connectivity index (χ4v) is 3.28. The van der Waals surface area contributed by atoms with Gasteiger partial charge in [-0.1, -0.05) is 30.4 Å². The van der Waals surface area contributed by atoms with E-state index in [-0.39, 0.29) is 12.5 Å². The van der Waals surface area contributed by atoms with Gasteiger partial charge >= 0.3 is 0 Å². The second kappa shape index (κ2) is 9.19. The van der Waals surface area contributed by atoms with E-state index >= 15 is 0 Å². The number of methoxy groups -OCH3 is 1. The van der Waals surface area contributed by atoms with Gasteiger partial charge in [0.25, 0.3) is 5.91 Å². The largest absolute Gasteiger partial charge is 0.493 e. The zero-order valence-corrected chi connectivity index (χ0v) is 16.9. The Bertz CT molecular complexity index is 978. The molecular weight excluding hydrogens is 372 g/mol. The topological polar surface area (TPSA) is 60.5 Å². The summed E-state index contributed by atoms with van der Waals surface area (Å²) in [6, 6.07) is 13.2. The number of carbonyl (C=O) groups excluding carboxylic acids is 1. The van der Waals surface area contributed by atoms with Crippen LogP contribution in [0.1, 0.15) is 17.5 Å². The molecule has 144 valence electrons. The Hall–Kier alpha value is -3.12. The third-order valence-corrected chi connectivity index (χ3v) is 4.76. The standard InChI is InChI=1S/C22H22N2O3S/c1-4-5-16-6-11-20(21(12-16)26-3)27-13-22(25)24-18-9-7-17(8-10-18)19-14-28-15(2)23-19/h4-12,14H,13H2,1-3H3,(H,24,25)/b5-4+. The van der Waals surface area contributed by atoms with Gasteiger partial charge in [-0.05, 0) is 43.7 Å². The van der Waals surface area contributed by atoms with Gasteiger partial charge in [-0.25, -0.2) is 4.98 Å². The van der Waals surface area contributed by atoms with Gasteiger partial charge in [0.1, 0.15) is 0 Å².